The zero-order chi connectivity index (χ0) is 17.3. The number of hydrogen-bond acceptors (Lipinski definition) is 0. The molecule has 0 aliphatic heterocycles. The summed E-state index contributed by atoms with van der Waals surface area (Å²) in [7, 11) is 0. The maximum absolute atomic E-state index is 2.29. The molecule has 0 spiro atoms. The van der Waals surface area contributed by atoms with Gasteiger partial charge in [-0.15, -0.1) is 0 Å². The molecule has 0 amide bonds. The third-order valence-electron chi connectivity index (χ3n) is 5.05. The lowest BCUT2D eigenvalue weighted by molar-refractivity contribution is 1.63. The van der Waals surface area contributed by atoms with Crippen LogP contribution < -0.4 is 0 Å². The smallest absolute Gasteiger partial charge is 0.0105 e. The van der Waals surface area contributed by atoms with Crippen molar-refractivity contribution < 1.29 is 0 Å². The second-order valence-corrected chi connectivity index (χ2v) is 6.67. The summed E-state index contributed by atoms with van der Waals surface area (Å²) in [6.45, 7) is 0. The van der Waals surface area contributed by atoms with Gasteiger partial charge in [-0.05, 0) is 55.9 Å². The fourth-order valence-corrected chi connectivity index (χ4v) is 3.70. The van der Waals surface area contributed by atoms with Crippen LogP contribution in [0.2, 0.25) is 0 Å². The average Bonchev–Trinajstić information content (AvgIpc) is 2.73. The van der Waals surface area contributed by atoms with Crippen molar-refractivity contribution in [2.45, 2.75) is 0 Å². The topological polar surface area (TPSA) is 0 Å². The first-order valence-corrected chi connectivity index (χ1v) is 8.96. The monoisotopic (exact) mass is 330 g/mol. The highest BCUT2D eigenvalue weighted by molar-refractivity contribution is 6.00. The molecule has 122 valence electrons. The Morgan fingerprint density at radius 1 is 0.346 bits per heavy atom. The minimum atomic E-state index is 1.26. The van der Waals surface area contributed by atoms with Crippen molar-refractivity contribution in [2.24, 2.45) is 0 Å². The summed E-state index contributed by atoms with van der Waals surface area (Å²) >= 11 is 0. The highest BCUT2D eigenvalue weighted by Gasteiger charge is 2.06. The van der Waals surface area contributed by atoms with Crippen LogP contribution in [-0.2, 0) is 0 Å². The van der Waals surface area contributed by atoms with Gasteiger partial charge in [0, 0.05) is 0 Å². The molecule has 0 aliphatic carbocycles. The first-order valence-electron chi connectivity index (χ1n) is 8.96. The second kappa shape index (κ2) is 6.16. The van der Waals surface area contributed by atoms with E-state index in [0.29, 0.717) is 0 Å². The Morgan fingerprint density at radius 3 is 1.92 bits per heavy atom. The summed E-state index contributed by atoms with van der Waals surface area (Å²) in [5.41, 5.74) is 5.06. The Labute approximate surface area is 153 Å². The van der Waals surface area contributed by atoms with Crippen LogP contribution in [0.1, 0.15) is 0 Å². The van der Waals surface area contributed by atoms with Crippen molar-refractivity contribution in [3.8, 4) is 22.3 Å². The van der Waals surface area contributed by atoms with Crippen LogP contribution in [0.25, 0.3) is 43.8 Å². The molecule has 5 aromatic carbocycles. The molecule has 5 rings (SSSR count). The number of hydrogen-bond donors (Lipinski definition) is 0. The maximum Gasteiger partial charge on any atom is -0.0105 e. The average molecular weight is 330 g/mol. The van der Waals surface area contributed by atoms with Crippen LogP contribution >= 0.6 is 0 Å². The summed E-state index contributed by atoms with van der Waals surface area (Å²) in [5.74, 6) is 0. The molecule has 0 aromatic heterocycles. The summed E-state index contributed by atoms with van der Waals surface area (Å²) < 4.78 is 0. The van der Waals surface area contributed by atoms with Crippen molar-refractivity contribution in [3.63, 3.8) is 0 Å². The maximum atomic E-state index is 2.29. The van der Waals surface area contributed by atoms with Gasteiger partial charge < -0.3 is 0 Å². The molecule has 0 saturated carbocycles. The van der Waals surface area contributed by atoms with E-state index in [0.717, 1.165) is 0 Å². The summed E-state index contributed by atoms with van der Waals surface area (Å²) in [5, 5.41) is 5.13. The minimum absolute atomic E-state index is 1.26. The van der Waals surface area contributed by atoms with Gasteiger partial charge in [0.1, 0.15) is 0 Å². The number of fused-ring (bicyclic) bond motifs is 2. The molecule has 0 nitrogen and oxygen atoms in total. The molecular weight excluding hydrogens is 312 g/mol. The van der Waals surface area contributed by atoms with Gasteiger partial charge in [0.05, 0.1) is 0 Å². The summed E-state index contributed by atoms with van der Waals surface area (Å²) in [4.78, 5) is 0. The predicted molar refractivity (Wildman–Crippen MR) is 112 cm³/mol. The first kappa shape index (κ1) is 14.9. The Kier molecular flexibility index (Phi) is 3.54. The van der Waals surface area contributed by atoms with Crippen LogP contribution in [0.5, 0.6) is 0 Å². The molecule has 0 N–H and O–H groups in total. The molecule has 5 aromatic rings. The fourth-order valence-electron chi connectivity index (χ4n) is 3.70. The van der Waals surface area contributed by atoms with Crippen LogP contribution in [0, 0.1) is 0 Å². The van der Waals surface area contributed by atoms with E-state index in [9.17, 15) is 0 Å². The largest absolute Gasteiger partial charge is 0.0622 e. The molecule has 0 atom stereocenters. The van der Waals surface area contributed by atoms with Gasteiger partial charge >= 0.3 is 0 Å². The van der Waals surface area contributed by atoms with Crippen molar-refractivity contribution in [1.29, 1.82) is 0 Å². The van der Waals surface area contributed by atoms with Gasteiger partial charge in [-0.25, -0.2) is 0 Å². The Morgan fingerprint density at radius 2 is 1.04 bits per heavy atom. The lowest BCUT2D eigenvalue weighted by Gasteiger charge is -2.10. The molecule has 0 radical (unpaired) electrons. The molecule has 0 aliphatic rings. The van der Waals surface area contributed by atoms with Crippen molar-refractivity contribution in [2.75, 3.05) is 0 Å². The number of rotatable bonds is 2. The predicted octanol–water partition coefficient (Wildman–Crippen LogP) is 7.33. The molecule has 0 heterocycles. The zero-order valence-corrected chi connectivity index (χ0v) is 14.4. The lowest BCUT2D eigenvalue weighted by atomic mass is 9.94. The highest BCUT2D eigenvalue weighted by atomic mass is 14.1. The van der Waals surface area contributed by atoms with E-state index in [1.54, 1.807) is 0 Å². The second-order valence-electron chi connectivity index (χ2n) is 6.67. The van der Waals surface area contributed by atoms with E-state index in [1.807, 2.05) is 0 Å². The van der Waals surface area contributed by atoms with Crippen LogP contribution in [-0.4, -0.2) is 0 Å². The van der Waals surface area contributed by atoms with Gasteiger partial charge in [0.15, 0.2) is 0 Å². The standard InChI is InChI=1S/C26H18/c1-2-7-19(8-3-1)22-15-16-26-23(18-22)11-6-12-25(26)24-14-13-20-9-4-5-10-21(20)17-24/h1-18H. The summed E-state index contributed by atoms with van der Waals surface area (Å²) in [6, 6.07) is 39.1. The van der Waals surface area contributed by atoms with E-state index in [2.05, 4.69) is 109 Å². The van der Waals surface area contributed by atoms with Gasteiger partial charge in [-0.1, -0.05) is 97.1 Å². The van der Waals surface area contributed by atoms with Crippen LogP contribution in [0.3, 0.4) is 0 Å². The van der Waals surface area contributed by atoms with Crippen LogP contribution in [0.4, 0.5) is 0 Å². The number of benzene rings is 5. The van der Waals surface area contributed by atoms with Crippen LogP contribution in [0.15, 0.2) is 109 Å². The Bertz CT molecular complexity index is 1220. The van der Waals surface area contributed by atoms with Crippen molar-refractivity contribution in [3.05, 3.63) is 109 Å². The Balaban J connectivity index is 1.68. The lowest BCUT2D eigenvalue weighted by Crippen LogP contribution is -1.84. The molecule has 26 heavy (non-hydrogen) atoms. The third kappa shape index (κ3) is 2.57. The van der Waals surface area contributed by atoms with Gasteiger partial charge in [0.2, 0.25) is 0 Å². The fraction of sp³-hybridized carbons (Fsp3) is 0. The van der Waals surface area contributed by atoms with E-state index in [4.69, 9.17) is 0 Å². The van der Waals surface area contributed by atoms with Crippen molar-refractivity contribution in [1.82, 2.24) is 0 Å². The SMILES string of the molecule is c1ccc(-c2ccc3c(-c4ccc5ccccc5c4)cccc3c2)cc1. The van der Waals surface area contributed by atoms with Crippen molar-refractivity contribution >= 4 is 21.5 Å². The highest BCUT2D eigenvalue weighted by Crippen LogP contribution is 2.33. The third-order valence-corrected chi connectivity index (χ3v) is 5.05. The van der Waals surface area contributed by atoms with Gasteiger partial charge in [0.25, 0.3) is 0 Å². The Hall–Kier alpha value is -3.38. The van der Waals surface area contributed by atoms with E-state index >= 15 is 0 Å². The molecule has 0 unspecified atom stereocenters. The molecule has 0 bridgehead atoms. The molecule has 0 fully saturated rings. The minimum Gasteiger partial charge on any atom is -0.0622 e. The zero-order valence-electron chi connectivity index (χ0n) is 14.4. The van der Waals surface area contributed by atoms with E-state index in [1.165, 1.54) is 43.8 Å². The van der Waals surface area contributed by atoms with E-state index in [-0.39, 0.29) is 0 Å². The van der Waals surface area contributed by atoms with E-state index < -0.39 is 0 Å². The normalized spacial score (nSPS) is 11.1. The van der Waals surface area contributed by atoms with Gasteiger partial charge in [-0.3, -0.25) is 0 Å². The molecule has 0 saturated heterocycles. The summed E-state index contributed by atoms with van der Waals surface area (Å²) in [6.07, 6.45) is 0. The van der Waals surface area contributed by atoms with Gasteiger partial charge in [-0.2, -0.15) is 0 Å². The quantitative estimate of drug-likeness (QED) is 0.318. The molecule has 0 heteroatoms. The first-order chi connectivity index (χ1) is 12.9. The molecular formula is C26H18.